The Labute approximate surface area is 105 Å². The summed E-state index contributed by atoms with van der Waals surface area (Å²) in [4.78, 5) is 14.0. The first-order chi connectivity index (χ1) is 8.04. The fraction of sp³-hybridized carbons (Fsp3) is 0.917. The van der Waals surface area contributed by atoms with Crippen molar-refractivity contribution in [1.29, 1.82) is 0 Å². The predicted octanol–water partition coefficient (Wildman–Crippen LogP) is 0.197. The number of carbonyl (C=O) groups excluding carboxylic acids is 1. The average molecular weight is 245 g/mol. The van der Waals surface area contributed by atoms with Crippen LogP contribution in [0.2, 0.25) is 0 Å². The SMILES string of the molecule is COCCNC(=O)C(C)N(CCCN)C(C)C. The number of hydrogen-bond acceptors (Lipinski definition) is 4. The molecule has 0 aromatic heterocycles. The zero-order chi connectivity index (χ0) is 13.3. The molecule has 0 aliphatic rings. The van der Waals surface area contributed by atoms with Crippen molar-refractivity contribution in [1.82, 2.24) is 10.2 Å². The largest absolute Gasteiger partial charge is 0.383 e. The molecule has 0 fully saturated rings. The van der Waals surface area contributed by atoms with Crippen molar-refractivity contribution in [3.63, 3.8) is 0 Å². The van der Waals surface area contributed by atoms with E-state index in [4.69, 9.17) is 10.5 Å². The normalized spacial score (nSPS) is 13.1. The van der Waals surface area contributed by atoms with Crippen LogP contribution in [0, 0.1) is 0 Å². The fourth-order valence-electron chi connectivity index (χ4n) is 1.75. The summed E-state index contributed by atoms with van der Waals surface area (Å²) in [5.41, 5.74) is 5.51. The van der Waals surface area contributed by atoms with Crippen LogP contribution in [0.5, 0.6) is 0 Å². The Balaban J connectivity index is 4.18. The van der Waals surface area contributed by atoms with E-state index in [1.54, 1.807) is 7.11 Å². The highest BCUT2D eigenvalue weighted by molar-refractivity contribution is 5.81. The molecule has 102 valence electrons. The van der Waals surface area contributed by atoms with Crippen LogP contribution in [-0.2, 0) is 9.53 Å². The molecule has 0 saturated heterocycles. The number of nitrogens with one attached hydrogen (secondary N) is 1. The molecule has 0 aromatic rings. The predicted molar refractivity (Wildman–Crippen MR) is 69.9 cm³/mol. The topological polar surface area (TPSA) is 67.6 Å². The molecule has 0 spiro atoms. The molecule has 0 bridgehead atoms. The number of rotatable bonds is 9. The minimum Gasteiger partial charge on any atom is -0.383 e. The Morgan fingerprint density at radius 3 is 2.53 bits per heavy atom. The molecule has 0 saturated carbocycles. The van der Waals surface area contributed by atoms with E-state index in [0.29, 0.717) is 25.7 Å². The van der Waals surface area contributed by atoms with Gasteiger partial charge in [0.15, 0.2) is 0 Å². The summed E-state index contributed by atoms with van der Waals surface area (Å²) >= 11 is 0. The molecule has 1 amide bonds. The van der Waals surface area contributed by atoms with Crippen LogP contribution < -0.4 is 11.1 Å². The summed E-state index contributed by atoms with van der Waals surface area (Å²) in [7, 11) is 1.62. The van der Waals surface area contributed by atoms with Gasteiger partial charge in [0.25, 0.3) is 0 Å². The van der Waals surface area contributed by atoms with Crippen LogP contribution in [0.4, 0.5) is 0 Å². The second kappa shape index (κ2) is 9.39. The van der Waals surface area contributed by atoms with E-state index in [-0.39, 0.29) is 11.9 Å². The molecular weight excluding hydrogens is 218 g/mol. The molecule has 0 aromatic carbocycles. The molecule has 0 heterocycles. The van der Waals surface area contributed by atoms with Crippen LogP contribution >= 0.6 is 0 Å². The minimum absolute atomic E-state index is 0.0489. The number of amides is 1. The summed E-state index contributed by atoms with van der Waals surface area (Å²) < 4.78 is 4.90. The van der Waals surface area contributed by atoms with Crippen molar-refractivity contribution in [3.05, 3.63) is 0 Å². The molecule has 5 nitrogen and oxygen atoms in total. The zero-order valence-electron chi connectivity index (χ0n) is 11.5. The van der Waals surface area contributed by atoms with Gasteiger partial charge in [0, 0.05) is 26.2 Å². The number of methoxy groups -OCH3 is 1. The van der Waals surface area contributed by atoms with Crippen molar-refractivity contribution in [3.8, 4) is 0 Å². The molecule has 0 rings (SSSR count). The van der Waals surface area contributed by atoms with Crippen LogP contribution in [-0.4, -0.2) is 56.2 Å². The molecular formula is C12H27N3O2. The molecule has 1 unspecified atom stereocenters. The lowest BCUT2D eigenvalue weighted by atomic mass is 10.2. The number of carbonyl (C=O) groups is 1. The minimum atomic E-state index is -0.126. The molecule has 5 heteroatoms. The molecule has 17 heavy (non-hydrogen) atoms. The maximum atomic E-state index is 11.9. The Kier molecular flexibility index (Phi) is 9.03. The van der Waals surface area contributed by atoms with Crippen molar-refractivity contribution >= 4 is 5.91 Å². The van der Waals surface area contributed by atoms with Gasteiger partial charge in [0.05, 0.1) is 12.6 Å². The molecule has 0 aliphatic carbocycles. The van der Waals surface area contributed by atoms with Gasteiger partial charge >= 0.3 is 0 Å². The Bertz CT molecular complexity index is 210. The van der Waals surface area contributed by atoms with E-state index in [2.05, 4.69) is 24.1 Å². The maximum Gasteiger partial charge on any atom is 0.237 e. The summed E-state index contributed by atoms with van der Waals surface area (Å²) in [5.74, 6) is 0.0489. The lowest BCUT2D eigenvalue weighted by Crippen LogP contribution is -2.49. The van der Waals surface area contributed by atoms with Crippen LogP contribution in [0.1, 0.15) is 27.2 Å². The van der Waals surface area contributed by atoms with E-state index in [1.165, 1.54) is 0 Å². The number of ether oxygens (including phenoxy) is 1. The van der Waals surface area contributed by atoms with Crippen molar-refractivity contribution in [2.45, 2.75) is 39.3 Å². The van der Waals surface area contributed by atoms with E-state index < -0.39 is 0 Å². The number of nitrogens with two attached hydrogens (primary N) is 1. The molecule has 0 aliphatic heterocycles. The monoisotopic (exact) mass is 245 g/mol. The third-order valence-electron chi connectivity index (χ3n) is 2.77. The maximum absolute atomic E-state index is 11.9. The fourth-order valence-corrected chi connectivity index (χ4v) is 1.75. The van der Waals surface area contributed by atoms with Crippen LogP contribution in [0.15, 0.2) is 0 Å². The van der Waals surface area contributed by atoms with Crippen molar-refractivity contribution in [2.75, 3.05) is 33.4 Å². The standard InChI is InChI=1S/C12H27N3O2/c1-10(2)15(8-5-6-13)11(3)12(16)14-7-9-17-4/h10-11H,5-9,13H2,1-4H3,(H,14,16). The number of nitrogens with zero attached hydrogens (tertiary/aromatic N) is 1. The highest BCUT2D eigenvalue weighted by Gasteiger charge is 2.22. The van der Waals surface area contributed by atoms with E-state index in [0.717, 1.165) is 13.0 Å². The average Bonchev–Trinajstić information content (AvgIpc) is 2.29. The summed E-state index contributed by atoms with van der Waals surface area (Å²) in [6, 6.07) is 0.211. The first-order valence-corrected chi connectivity index (χ1v) is 6.27. The van der Waals surface area contributed by atoms with Gasteiger partial charge in [0.2, 0.25) is 5.91 Å². The Morgan fingerprint density at radius 1 is 1.41 bits per heavy atom. The second-order valence-electron chi connectivity index (χ2n) is 4.43. The highest BCUT2D eigenvalue weighted by atomic mass is 16.5. The Morgan fingerprint density at radius 2 is 2.06 bits per heavy atom. The molecule has 1 atom stereocenters. The summed E-state index contributed by atoms with van der Waals surface area (Å²) in [6.07, 6.45) is 0.911. The van der Waals surface area contributed by atoms with Gasteiger partial charge in [0.1, 0.15) is 0 Å². The summed E-state index contributed by atoms with van der Waals surface area (Å²) in [5, 5.41) is 2.86. The van der Waals surface area contributed by atoms with Gasteiger partial charge in [-0.15, -0.1) is 0 Å². The molecule has 3 N–H and O–H groups in total. The van der Waals surface area contributed by atoms with Crippen molar-refractivity contribution in [2.24, 2.45) is 5.73 Å². The number of hydrogen-bond donors (Lipinski definition) is 2. The quantitative estimate of drug-likeness (QED) is 0.569. The molecule has 0 radical (unpaired) electrons. The zero-order valence-corrected chi connectivity index (χ0v) is 11.5. The van der Waals surface area contributed by atoms with Crippen molar-refractivity contribution < 1.29 is 9.53 Å². The van der Waals surface area contributed by atoms with Gasteiger partial charge in [-0.25, -0.2) is 0 Å². The first kappa shape index (κ1) is 16.4. The van der Waals surface area contributed by atoms with Crippen LogP contribution in [0.3, 0.4) is 0 Å². The first-order valence-electron chi connectivity index (χ1n) is 6.27. The van der Waals surface area contributed by atoms with Gasteiger partial charge in [-0.3, -0.25) is 9.69 Å². The second-order valence-corrected chi connectivity index (χ2v) is 4.43. The van der Waals surface area contributed by atoms with Gasteiger partial charge in [-0.2, -0.15) is 0 Å². The lowest BCUT2D eigenvalue weighted by Gasteiger charge is -2.31. The van der Waals surface area contributed by atoms with E-state index >= 15 is 0 Å². The Hall–Kier alpha value is -0.650. The highest BCUT2D eigenvalue weighted by Crippen LogP contribution is 2.06. The third kappa shape index (κ3) is 6.61. The van der Waals surface area contributed by atoms with Gasteiger partial charge in [-0.05, 0) is 33.7 Å². The smallest absolute Gasteiger partial charge is 0.237 e. The van der Waals surface area contributed by atoms with E-state index in [1.807, 2.05) is 6.92 Å². The lowest BCUT2D eigenvalue weighted by molar-refractivity contribution is -0.126. The summed E-state index contributed by atoms with van der Waals surface area (Å²) in [6.45, 7) is 8.73. The van der Waals surface area contributed by atoms with Gasteiger partial charge in [-0.1, -0.05) is 0 Å². The van der Waals surface area contributed by atoms with Crippen LogP contribution in [0.25, 0.3) is 0 Å². The van der Waals surface area contributed by atoms with E-state index in [9.17, 15) is 4.79 Å². The third-order valence-corrected chi connectivity index (χ3v) is 2.77. The van der Waals surface area contributed by atoms with Gasteiger partial charge < -0.3 is 15.8 Å².